The molecule has 1 atom stereocenters. The van der Waals surface area contributed by atoms with Crippen LogP contribution in [0.3, 0.4) is 0 Å². The van der Waals surface area contributed by atoms with Crippen molar-refractivity contribution in [3.05, 3.63) is 0 Å². The minimum absolute atomic E-state index is 0.384. The van der Waals surface area contributed by atoms with Gasteiger partial charge in [-0.15, -0.1) is 0 Å². The fourth-order valence-electron chi connectivity index (χ4n) is 2.88. The molecule has 2 aliphatic heterocycles. The molecule has 3 rings (SSSR count). The highest BCUT2D eigenvalue weighted by molar-refractivity contribution is 8.14. The van der Waals surface area contributed by atoms with Gasteiger partial charge in [-0.05, 0) is 25.7 Å². The van der Waals surface area contributed by atoms with E-state index in [4.69, 9.17) is 4.74 Å². The quantitative estimate of drug-likeness (QED) is 0.803. The molecule has 1 spiro atoms. The molecular weight excluding hydrogens is 220 g/mol. The lowest BCUT2D eigenvalue weighted by Gasteiger charge is -2.21. The van der Waals surface area contributed by atoms with Gasteiger partial charge in [0.05, 0.1) is 12.6 Å². The molecule has 2 heterocycles. The monoisotopic (exact) mass is 240 g/mol. The number of nitrogens with zero attached hydrogens (tertiary/aromatic N) is 1. The van der Waals surface area contributed by atoms with Crippen molar-refractivity contribution < 1.29 is 4.74 Å². The van der Waals surface area contributed by atoms with Crippen LogP contribution in [0.4, 0.5) is 0 Å². The van der Waals surface area contributed by atoms with Gasteiger partial charge in [0.15, 0.2) is 5.17 Å². The fourth-order valence-corrected chi connectivity index (χ4v) is 4.11. The van der Waals surface area contributed by atoms with Crippen molar-refractivity contribution in [2.75, 3.05) is 18.9 Å². The molecule has 0 aromatic carbocycles. The molecule has 1 aliphatic carbocycles. The van der Waals surface area contributed by atoms with Crippen LogP contribution in [0.5, 0.6) is 0 Å². The molecule has 0 radical (unpaired) electrons. The van der Waals surface area contributed by atoms with Crippen molar-refractivity contribution in [2.24, 2.45) is 4.99 Å². The zero-order chi connectivity index (χ0) is 10.8. The molecule has 1 N–H and O–H groups in total. The number of aliphatic imine (C=N–C) groups is 1. The number of thioether (sulfide) groups is 1. The number of rotatable bonds is 2. The molecule has 3 nitrogen and oxygen atoms in total. The molecule has 0 aromatic rings. The Morgan fingerprint density at radius 2 is 2.25 bits per heavy atom. The predicted octanol–water partition coefficient (Wildman–Crippen LogP) is 2.17. The van der Waals surface area contributed by atoms with Crippen LogP contribution in [0.2, 0.25) is 0 Å². The van der Waals surface area contributed by atoms with Crippen LogP contribution in [0.15, 0.2) is 4.99 Å². The van der Waals surface area contributed by atoms with Gasteiger partial charge in [0.2, 0.25) is 0 Å². The molecule has 0 amide bonds. The Labute approximate surface area is 101 Å². The third kappa shape index (κ3) is 2.23. The maximum atomic E-state index is 5.59. The average Bonchev–Trinajstić information content (AvgIpc) is 3.01. The summed E-state index contributed by atoms with van der Waals surface area (Å²) >= 11 is 1.91. The summed E-state index contributed by atoms with van der Waals surface area (Å²) < 4.78 is 5.59. The Morgan fingerprint density at radius 3 is 3.00 bits per heavy atom. The van der Waals surface area contributed by atoms with Crippen molar-refractivity contribution in [3.63, 3.8) is 0 Å². The standard InChI is InChI=1S/C12H20N2OS/c1-2-6-12(5-1)9-16-11(14-12)13-8-10-4-3-7-15-10/h10H,1-9H2,(H,13,14). The predicted molar refractivity (Wildman–Crippen MR) is 68.1 cm³/mol. The number of hydrogen-bond acceptors (Lipinski definition) is 3. The van der Waals surface area contributed by atoms with Crippen molar-refractivity contribution in [3.8, 4) is 0 Å². The van der Waals surface area contributed by atoms with E-state index < -0.39 is 0 Å². The van der Waals surface area contributed by atoms with E-state index in [0.717, 1.165) is 18.3 Å². The van der Waals surface area contributed by atoms with Gasteiger partial charge in [-0.1, -0.05) is 24.6 Å². The summed E-state index contributed by atoms with van der Waals surface area (Å²) in [6.07, 6.45) is 8.21. The zero-order valence-corrected chi connectivity index (χ0v) is 10.5. The minimum Gasteiger partial charge on any atom is -0.376 e. The fraction of sp³-hybridized carbons (Fsp3) is 0.917. The lowest BCUT2D eigenvalue weighted by Crippen LogP contribution is -2.40. The smallest absolute Gasteiger partial charge is 0.157 e. The summed E-state index contributed by atoms with van der Waals surface area (Å²) in [6.45, 7) is 1.78. The van der Waals surface area contributed by atoms with Gasteiger partial charge in [0.1, 0.15) is 0 Å². The lowest BCUT2D eigenvalue weighted by atomic mass is 10.0. The molecular formula is C12H20N2OS. The Kier molecular flexibility index (Phi) is 3.11. The minimum atomic E-state index is 0.384. The van der Waals surface area contributed by atoms with Crippen LogP contribution in [0, 0.1) is 0 Å². The van der Waals surface area contributed by atoms with E-state index >= 15 is 0 Å². The second-order valence-electron chi connectivity index (χ2n) is 5.18. The second kappa shape index (κ2) is 4.57. The Morgan fingerprint density at radius 1 is 1.38 bits per heavy atom. The van der Waals surface area contributed by atoms with Crippen molar-refractivity contribution in [1.82, 2.24) is 5.32 Å². The SMILES string of the molecule is C1COC(CN=C2NC3(CCCC3)CS2)C1. The second-order valence-corrected chi connectivity index (χ2v) is 6.15. The van der Waals surface area contributed by atoms with Gasteiger partial charge >= 0.3 is 0 Å². The lowest BCUT2D eigenvalue weighted by molar-refractivity contribution is 0.118. The summed E-state index contributed by atoms with van der Waals surface area (Å²) in [5, 5.41) is 4.81. The third-order valence-electron chi connectivity index (χ3n) is 3.88. The van der Waals surface area contributed by atoms with E-state index in [2.05, 4.69) is 10.3 Å². The largest absolute Gasteiger partial charge is 0.376 e. The summed E-state index contributed by atoms with van der Waals surface area (Å²) in [4.78, 5) is 4.67. The molecule has 0 bridgehead atoms. The van der Waals surface area contributed by atoms with Crippen molar-refractivity contribution in [1.29, 1.82) is 0 Å². The summed E-state index contributed by atoms with van der Waals surface area (Å²) in [7, 11) is 0. The first kappa shape index (κ1) is 10.9. The molecule has 90 valence electrons. The molecule has 1 saturated carbocycles. The molecule has 0 aromatic heterocycles. The highest BCUT2D eigenvalue weighted by atomic mass is 32.2. The average molecular weight is 240 g/mol. The van der Waals surface area contributed by atoms with Crippen molar-refractivity contribution in [2.45, 2.75) is 50.2 Å². The van der Waals surface area contributed by atoms with Crippen LogP contribution in [0.25, 0.3) is 0 Å². The first-order chi connectivity index (χ1) is 7.86. The number of ether oxygens (including phenoxy) is 1. The molecule has 16 heavy (non-hydrogen) atoms. The van der Waals surface area contributed by atoms with Gasteiger partial charge in [-0.25, -0.2) is 0 Å². The maximum Gasteiger partial charge on any atom is 0.157 e. The Hall–Kier alpha value is -0.220. The Balaban J connectivity index is 1.54. The normalized spacial score (nSPS) is 35.0. The van der Waals surface area contributed by atoms with E-state index in [-0.39, 0.29) is 0 Å². The van der Waals surface area contributed by atoms with Crippen molar-refractivity contribution >= 4 is 16.9 Å². The van der Waals surface area contributed by atoms with E-state index in [9.17, 15) is 0 Å². The van der Waals surface area contributed by atoms with Gasteiger partial charge in [0.25, 0.3) is 0 Å². The molecule has 3 aliphatic rings. The summed E-state index contributed by atoms with van der Waals surface area (Å²) in [6, 6.07) is 0. The van der Waals surface area contributed by atoms with Crippen LogP contribution < -0.4 is 5.32 Å². The van der Waals surface area contributed by atoms with Crippen LogP contribution in [0.1, 0.15) is 38.5 Å². The van der Waals surface area contributed by atoms with Gasteiger partial charge in [0, 0.05) is 17.9 Å². The Bertz CT molecular complexity index is 281. The first-order valence-electron chi connectivity index (χ1n) is 6.43. The number of nitrogens with one attached hydrogen (secondary N) is 1. The molecule has 1 unspecified atom stereocenters. The number of amidine groups is 1. The van der Waals surface area contributed by atoms with Gasteiger partial charge < -0.3 is 10.1 Å². The third-order valence-corrected chi connectivity index (χ3v) is 5.08. The zero-order valence-electron chi connectivity index (χ0n) is 9.71. The summed E-state index contributed by atoms with van der Waals surface area (Å²) in [5.41, 5.74) is 0.403. The summed E-state index contributed by atoms with van der Waals surface area (Å²) in [5.74, 6) is 1.22. The highest BCUT2D eigenvalue weighted by Gasteiger charge is 2.39. The van der Waals surface area contributed by atoms with Gasteiger partial charge in [-0.3, -0.25) is 4.99 Å². The van der Waals surface area contributed by atoms with Gasteiger partial charge in [-0.2, -0.15) is 0 Å². The highest BCUT2D eigenvalue weighted by Crippen LogP contribution is 2.37. The maximum absolute atomic E-state index is 5.59. The van der Waals surface area contributed by atoms with E-state index in [1.165, 1.54) is 44.3 Å². The first-order valence-corrected chi connectivity index (χ1v) is 7.42. The molecule has 4 heteroatoms. The van der Waals surface area contributed by atoms with E-state index in [1.807, 2.05) is 11.8 Å². The molecule has 2 saturated heterocycles. The van der Waals surface area contributed by atoms with Crippen LogP contribution in [-0.4, -0.2) is 35.7 Å². The van der Waals surface area contributed by atoms with Crippen LogP contribution in [-0.2, 0) is 4.74 Å². The van der Waals surface area contributed by atoms with Crippen LogP contribution >= 0.6 is 11.8 Å². The topological polar surface area (TPSA) is 33.6 Å². The molecule has 3 fully saturated rings. The van der Waals surface area contributed by atoms with E-state index in [0.29, 0.717) is 11.6 Å². The number of hydrogen-bond donors (Lipinski definition) is 1. The van der Waals surface area contributed by atoms with E-state index in [1.54, 1.807) is 0 Å².